The number of carbonyl (C=O) groups is 1. The number of anilines is 1. The van der Waals surface area contributed by atoms with Crippen molar-refractivity contribution < 1.29 is 18.7 Å². The Kier molecular flexibility index (Phi) is 4.59. The zero-order valence-electron chi connectivity index (χ0n) is 14.6. The van der Waals surface area contributed by atoms with Gasteiger partial charge in [0.1, 0.15) is 18.1 Å². The van der Waals surface area contributed by atoms with Gasteiger partial charge >= 0.3 is 0 Å². The number of aromatic nitrogens is 2. The Balaban J connectivity index is 1.44. The van der Waals surface area contributed by atoms with Crippen LogP contribution in [0.3, 0.4) is 0 Å². The van der Waals surface area contributed by atoms with Crippen LogP contribution in [0.2, 0.25) is 0 Å². The topological polar surface area (TPSA) is 89.4 Å². The third-order valence-electron chi connectivity index (χ3n) is 3.94. The number of ether oxygens (including phenoxy) is 2. The minimum Gasteiger partial charge on any atom is -0.453 e. The van der Waals surface area contributed by atoms with Gasteiger partial charge in [0.2, 0.25) is 5.88 Å². The highest BCUT2D eigenvalue weighted by atomic mass is 16.5. The standard InChI is InChI=1S/C20H17N3O4/c1-25-12-14-6-7-18(26-14)20(24)23-13-5-8-19(22-11-13)27-17-4-2-3-16-15(17)9-10-21-16/h2-11,21H,12H2,1H3,(H,23,24). The maximum Gasteiger partial charge on any atom is 0.291 e. The summed E-state index contributed by atoms with van der Waals surface area (Å²) in [6, 6.07) is 14.4. The Bertz CT molecular complexity index is 1070. The van der Waals surface area contributed by atoms with E-state index < -0.39 is 0 Å². The largest absolute Gasteiger partial charge is 0.453 e. The van der Waals surface area contributed by atoms with E-state index in [4.69, 9.17) is 13.9 Å². The molecule has 0 saturated carbocycles. The van der Waals surface area contributed by atoms with Gasteiger partial charge in [0.25, 0.3) is 5.91 Å². The number of rotatable bonds is 6. The molecule has 3 heterocycles. The number of H-pyrrole nitrogens is 1. The van der Waals surface area contributed by atoms with E-state index in [-0.39, 0.29) is 11.7 Å². The van der Waals surface area contributed by atoms with Gasteiger partial charge in [-0.15, -0.1) is 0 Å². The number of nitrogens with zero attached hydrogens (tertiary/aromatic N) is 1. The number of carbonyl (C=O) groups excluding carboxylic acids is 1. The summed E-state index contributed by atoms with van der Waals surface area (Å²) in [5.74, 6) is 1.58. The molecule has 0 unspecified atom stereocenters. The van der Waals surface area contributed by atoms with Crippen molar-refractivity contribution in [2.75, 3.05) is 12.4 Å². The summed E-state index contributed by atoms with van der Waals surface area (Å²) in [5, 5.41) is 3.71. The molecule has 27 heavy (non-hydrogen) atoms. The smallest absolute Gasteiger partial charge is 0.291 e. The van der Waals surface area contributed by atoms with Crippen LogP contribution in [0.15, 0.2) is 65.3 Å². The van der Waals surface area contributed by atoms with E-state index in [9.17, 15) is 4.79 Å². The molecule has 0 fully saturated rings. The molecule has 7 nitrogen and oxygen atoms in total. The molecule has 0 atom stereocenters. The Morgan fingerprint density at radius 3 is 2.93 bits per heavy atom. The van der Waals surface area contributed by atoms with Gasteiger partial charge < -0.3 is 24.2 Å². The Hall–Kier alpha value is -3.58. The van der Waals surface area contributed by atoms with Crippen molar-refractivity contribution in [3.05, 3.63) is 72.4 Å². The van der Waals surface area contributed by atoms with E-state index in [1.165, 1.54) is 6.20 Å². The molecule has 1 amide bonds. The molecule has 0 aliphatic rings. The van der Waals surface area contributed by atoms with Gasteiger partial charge in [-0.1, -0.05) is 6.07 Å². The number of hydrogen-bond acceptors (Lipinski definition) is 5. The lowest BCUT2D eigenvalue weighted by Crippen LogP contribution is -2.11. The molecule has 0 aliphatic carbocycles. The van der Waals surface area contributed by atoms with E-state index in [2.05, 4.69) is 15.3 Å². The molecule has 2 N–H and O–H groups in total. The van der Waals surface area contributed by atoms with Crippen molar-refractivity contribution in [1.29, 1.82) is 0 Å². The first-order valence-corrected chi connectivity index (χ1v) is 8.32. The summed E-state index contributed by atoms with van der Waals surface area (Å²) < 4.78 is 16.2. The van der Waals surface area contributed by atoms with Crippen LogP contribution < -0.4 is 10.1 Å². The highest BCUT2D eigenvalue weighted by Crippen LogP contribution is 2.28. The molecular weight excluding hydrogens is 346 g/mol. The second kappa shape index (κ2) is 7.35. The lowest BCUT2D eigenvalue weighted by Gasteiger charge is -2.07. The average molecular weight is 363 g/mol. The van der Waals surface area contributed by atoms with Crippen LogP contribution in [0.1, 0.15) is 16.3 Å². The van der Waals surface area contributed by atoms with E-state index in [1.54, 1.807) is 31.4 Å². The zero-order valence-corrected chi connectivity index (χ0v) is 14.6. The third kappa shape index (κ3) is 3.68. The molecule has 4 aromatic rings. The molecule has 3 aromatic heterocycles. The predicted octanol–water partition coefficient (Wildman–Crippen LogP) is 4.35. The number of nitrogens with one attached hydrogen (secondary N) is 2. The van der Waals surface area contributed by atoms with Crippen molar-refractivity contribution in [1.82, 2.24) is 9.97 Å². The lowest BCUT2D eigenvalue weighted by molar-refractivity contribution is 0.0987. The van der Waals surface area contributed by atoms with Gasteiger partial charge in [-0.3, -0.25) is 4.79 Å². The maximum absolute atomic E-state index is 12.2. The van der Waals surface area contributed by atoms with E-state index in [0.717, 1.165) is 10.9 Å². The normalized spacial score (nSPS) is 10.9. The molecule has 4 rings (SSSR count). The Morgan fingerprint density at radius 2 is 2.11 bits per heavy atom. The molecule has 0 bridgehead atoms. The number of hydrogen-bond donors (Lipinski definition) is 2. The first-order chi connectivity index (χ1) is 13.2. The summed E-state index contributed by atoms with van der Waals surface area (Å²) in [6.45, 7) is 0.314. The molecule has 0 spiro atoms. The number of aromatic amines is 1. The van der Waals surface area contributed by atoms with Crippen molar-refractivity contribution in [3.63, 3.8) is 0 Å². The molecule has 0 aliphatic heterocycles. The maximum atomic E-state index is 12.2. The van der Waals surface area contributed by atoms with Crippen LogP contribution in [-0.4, -0.2) is 23.0 Å². The van der Waals surface area contributed by atoms with Crippen LogP contribution in [0.25, 0.3) is 10.9 Å². The molecule has 7 heteroatoms. The van der Waals surface area contributed by atoms with Crippen LogP contribution >= 0.6 is 0 Å². The van der Waals surface area contributed by atoms with Gasteiger partial charge in [0.15, 0.2) is 5.76 Å². The van der Waals surface area contributed by atoms with Crippen LogP contribution in [-0.2, 0) is 11.3 Å². The minimum absolute atomic E-state index is 0.210. The summed E-state index contributed by atoms with van der Waals surface area (Å²) in [5.41, 5.74) is 1.53. The second-order valence-electron chi connectivity index (χ2n) is 5.84. The van der Waals surface area contributed by atoms with Crippen molar-refractivity contribution in [3.8, 4) is 11.6 Å². The fourth-order valence-electron chi connectivity index (χ4n) is 2.69. The van der Waals surface area contributed by atoms with Crippen LogP contribution in [0, 0.1) is 0 Å². The number of methoxy groups -OCH3 is 1. The number of amides is 1. The van der Waals surface area contributed by atoms with Gasteiger partial charge in [-0.2, -0.15) is 0 Å². The van der Waals surface area contributed by atoms with Gasteiger partial charge in [0.05, 0.1) is 11.9 Å². The first-order valence-electron chi connectivity index (χ1n) is 8.32. The van der Waals surface area contributed by atoms with Crippen molar-refractivity contribution in [2.45, 2.75) is 6.61 Å². The second-order valence-corrected chi connectivity index (χ2v) is 5.84. The summed E-state index contributed by atoms with van der Waals surface area (Å²) >= 11 is 0. The van der Waals surface area contributed by atoms with Gasteiger partial charge in [0, 0.05) is 30.3 Å². The van der Waals surface area contributed by atoms with Crippen LogP contribution in [0.4, 0.5) is 5.69 Å². The molecule has 1 aromatic carbocycles. The Labute approximate surface area is 154 Å². The lowest BCUT2D eigenvalue weighted by atomic mass is 10.2. The highest BCUT2D eigenvalue weighted by Gasteiger charge is 2.12. The molecular formula is C20H17N3O4. The Morgan fingerprint density at radius 1 is 1.19 bits per heavy atom. The number of benzene rings is 1. The van der Waals surface area contributed by atoms with E-state index in [1.807, 2.05) is 30.5 Å². The highest BCUT2D eigenvalue weighted by molar-refractivity contribution is 6.02. The number of furan rings is 1. The van der Waals surface area contributed by atoms with E-state index >= 15 is 0 Å². The first kappa shape index (κ1) is 16.9. The van der Waals surface area contributed by atoms with Crippen molar-refractivity contribution in [2.24, 2.45) is 0 Å². The number of pyridine rings is 1. The average Bonchev–Trinajstić information content (AvgIpc) is 3.33. The molecule has 0 radical (unpaired) electrons. The van der Waals surface area contributed by atoms with Gasteiger partial charge in [-0.05, 0) is 36.4 Å². The van der Waals surface area contributed by atoms with Gasteiger partial charge in [-0.25, -0.2) is 4.98 Å². The summed E-state index contributed by atoms with van der Waals surface area (Å²) in [6.07, 6.45) is 3.39. The fourth-order valence-corrected chi connectivity index (χ4v) is 2.69. The monoisotopic (exact) mass is 363 g/mol. The fraction of sp³-hybridized carbons (Fsp3) is 0.100. The summed E-state index contributed by atoms with van der Waals surface area (Å²) in [7, 11) is 1.56. The quantitative estimate of drug-likeness (QED) is 0.532. The number of fused-ring (bicyclic) bond motifs is 1. The SMILES string of the molecule is COCc1ccc(C(=O)Nc2ccc(Oc3cccc4[nH]ccc34)nc2)o1. The third-order valence-corrected chi connectivity index (χ3v) is 3.94. The molecule has 0 saturated heterocycles. The van der Waals surface area contributed by atoms with Crippen LogP contribution in [0.5, 0.6) is 11.6 Å². The summed E-state index contributed by atoms with van der Waals surface area (Å²) in [4.78, 5) is 19.6. The molecule has 136 valence electrons. The predicted molar refractivity (Wildman–Crippen MR) is 100.0 cm³/mol. The van der Waals surface area contributed by atoms with E-state index in [0.29, 0.717) is 29.7 Å². The minimum atomic E-state index is -0.357. The van der Waals surface area contributed by atoms with Crippen molar-refractivity contribution >= 4 is 22.5 Å². The zero-order chi connectivity index (χ0) is 18.6.